The third-order valence-electron chi connectivity index (χ3n) is 5.50. The van der Waals surface area contributed by atoms with Gasteiger partial charge < -0.3 is 10.2 Å². The Hall–Kier alpha value is -3.19. The molecule has 7 heteroatoms. The van der Waals surface area contributed by atoms with E-state index in [4.69, 9.17) is 0 Å². The number of hydrogen-bond donors (Lipinski definition) is 1. The SMILES string of the molecule is CCCCN1C(=O)c2cccc3c(NC(=O)CS(=O)(=O)c4ccc(C)cc4)ccc1c23. The highest BCUT2D eigenvalue weighted by atomic mass is 32.2. The van der Waals surface area contributed by atoms with Crippen LogP contribution in [0.25, 0.3) is 10.8 Å². The van der Waals surface area contributed by atoms with E-state index < -0.39 is 21.5 Å². The van der Waals surface area contributed by atoms with Crippen LogP contribution >= 0.6 is 0 Å². The Balaban J connectivity index is 1.62. The first-order chi connectivity index (χ1) is 14.8. The van der Waals surface area contributed by atoms with Crippen molar-refractivity contribution in [1.82, 2.24) is 0 Å². The molecule has 3 aromatic rings. The number of unbranched alkanes of at least 4 members (excludes halogenated alkanes) is 1. The Morgan fingerprint density at radius 3 is 2.48 bits per heavy atom. The molecule has 0 aromatic heterocycles. The van der Waals surface area contributed by atoms with Crippen LogP contribution in [-0.2, 0) is 14.6 Å². The Bertz CT molecular complexity index is 1280. The molecule has 0 saturated carbocycles. The largest absolute Gasteiger partial charge is 0.325 e. The van der Waals surface area contributed by atoms with Crippen molar-refractivity contribution in [3.63, 3.8) is 0 Å². The molecule has 0 aliphatic carbocycles. The second kappa shape index (κ2) is 8.15. The normalized spacial score (nSPS) is 13.1. The van der Waals surface area contributed by atoms with Crippen LogP contribution in [0, 0.1) is 6.92 Å². The average Bonchev–Trinajstić information content (AvgIpc) is 3.01. The molecular weight excluding hydrogens is 412 g/mol. The van der Waals surface area contributed by atoms with Crippen LogP contribution in [0.5, 0.6) is 0 Å². The summed E-state index contributed by atoms with van der Waals surface area (Å²) in [6.07, 6.45) is 1.88. The van der Waals surface area contributed by atoms with Crippen molar-refractivity contribution in [3.8, 4) is 0 Å². The molecule has 1 aliphatic heterocycles. The second-order valence-corrected chi connectivity index (χ2v) is 9.78. The average molecular weight is 437 g/mol. The second-order valence-electron chi connectivity index (χ2n) is 7.79. The van der Waals surface area contributed by atoms with E-state index in [-0.39, 0.29) is 10.8 Å². The molecule has 0 atom stereocenters. The summed E-state index contributed by atoms with van der Waals surface area (Å²) < 4.78 is 25.2. The highest BCUT2D eigenvalue weighted by molar-refractivity contribution is 7.92. The third kappa shape index (κ3) is 3.93. The quantitative estimate of drug-likeness (QED) is 0.598. The highest BCUT2D eigenvalue weighted by Gasteiger charge is 2.30. The summed E-state index contributed by atoms with van der Waals surface area (Å²) in [4.78, 5) is 27.3. The Morgan fingerprint density at radius 2 is 1.77 bits per heavy atom. The number of benzene rings is 3. The molecule has 0 spiro atoms. The summed E-state index contributed by atoms with van der Waals surface area (Å²) >= 11 is 0. The molecule has 4 rings (SSSR count). The number of nitrogens with zero attached hydrogens (tertiary/aromatic N) is 1. The molecule has 6 nitrogen and oxygen atoms in total. The minimum atomic E-state index is -3.76. The predicted molar refractivity (Wildman–Crippen MR) is 122 cm³/mol. The number of nitrogens with one attached hydrogen (secondary N) is 1. The number of carbonyl (C=O) groups excluding carboxylic acids is 2. The fourth-order valence-electron chi connectivity index (χ4n) is 3.88. The van der Waals surface area contributed by atoms with E-state index in [1.54, 1.807) is 35.2 Å². The minimum Gasteiger partial charge on any atom is -0.325 e. The molecule has 0 unspecified atom stereocenters. The van der Waals surface area contributed by atoms with Crippen LogP contribution in [0.3, 0.4) is 0 Å². The van der Waals surface area contributed by atoms with Gasteiger partial charge in [0.15, 0.2) is 9.84 Å². The maximum Gasteiger partial charge on any atom is 0.258 e. The van der Waals surface area contributed by atoms with E-state index in [1.165, 1.54) is 12.1 Å². The summed E-state index contributed by atoms with van der Waals surface area (Å²) in [5.74, 6) is -1.31. The highest BCUT2D eigenvalue weighted by Crippen LogP contribution is 2.40. The fourth-order valence-corrected chi connectivity index (χ4v) is 5.02. The molecule has 0 fully saturated rings. The first-order valence-electron chi connectivity index (χ1n) is 10.3. The molecular formula is C24H24N2O4S. The lowest BCUT2D eigenvalue weighted by Crippen LogP contribution is -2.27. The summed E-state index contributed by atoms with van der Waals surface area (Å²) in [7, 11) is -3.76. The zero-order valence-electron chi connectivity index (χ0n) is 17.5. The van der Waals surface area contributed by atoms with Gasteiger partial charge in [0.1, 0.15) is 5.75 Å². The molecule has 0 bridgehead atoms. The molecule has 1 heterocycles. The van der Waals surface area contributed by atoms with E-state index in [0.29, 0.717) is 17.8 Å². The van der Waals surface area contributed by atoms with E-state index in [1.807, 2.05) is 19.1 Å². The summed E-state index contributed by atoms with van der Waals surface area (Å²) in [5.41, 5.74) is 2.87. The van der Waals surface area contributed by atoms with Gasteiger partial charge in [-0.05, 0) is 43.7 Å². The lowest BCUT2D eigenvalue weighted by Gasteiger charge is -2.17. The van der Waals surface area contributed by atoms with Crippen LogP contribution in [-0.4, -0.2) is 32.5 Å². The summed E-state index contributed by atoms with van der Waals surface area (Å²) in [6.45, 7) is 4.58. The van der Waals surface area contributed by atoms with Gasteiger partial charge in [-0.3, -0.25) is 9.59 Å². The van der Waals surface area contributed by atoms with Gasteiger partial charge in [-0.25, -0.2) is 8.42 Å². The number of amides is 2. The molecule has 0 saturated heterocycles. The van der Waals surface area contributed by atoms with E-state index >= 15 is 0 Å². The van der Waals surface area contributed by atoms with Gasteiger partial charge in [0.2, 0.25) is 5.91 Å². The van der Waals surface area contributed by atoms with Crippen molar-refractivity contribution in [2.45, 2.75) is 31.6 Å². The number of rotatable bonds is 7. The van der Waals surface area contributed by atoms with Gasteiger partial charge in [-0.15, -0.1) is 0 Å². The molecule has 31 heavy (non-hydrogen) atoms. The van der Waals surface area contributed by atoms with Crippen molar-refractivity contribution < 1.29 is 18.0 Å². The predicted octanol–water partition coefficient (Wildman–Crippen LogP) is 4.32. The molecule has 1 N–H and O–H groups in total. The third-order valence-corrected chi connectivity index (χ3v) is 7.13. The molecule has 160 valence electrons. The summed E-state index contributed by atoms with van der Waals surface area (Å²) in [5, 5.41) is 4.25. The van der Waals surface area contributed by atoms with Crippen molar-refractivity contribution in [2.75, 3.05) is 22.5 Å². The fraction of sp³-hybridized carbons (Fsp3) is 0.250. The van der Waals surface area contributed by atoms with Crippen molar-refractivity contribution >= 4 is 43.8 Å². The number of aryl methyl sites for hydroxylation is 1. The van der Waals surface area contributed by atoms with Gasteiger partial charge >= 0.3 is 0 Å². The monoisotopic (exact) mass is 436 g/mol. The lowest BCUT2D eigenvalue weighted by molar-refractivity contribution is -0.113. The minimum absolute atomic E-state index is 0.0422. The van der Waals surface area contributed by atoms with Gasteiger partial charge in [0.05, 0.1) is 10.6 Å². The van der Waals surface area contributed by atoms with Gasteiger partial charge in [0, 0.05) is 28.6 Å². The number of carbonyl (C=O) groups is 2. The van der Waals surface area contributed by atoms with Crippen LogP contribution in [0.15, 0.2) is 59.5 Å². The first-order valence-corrected chi connectivity index (χ1v) is 11.9. The van der Waals surface area contributed by atoms with Crippen molar-refractivity contribution in [3.05, 3.63) is 65.7 Å². The van der Waals surface area contributed by atoms with E-state index in [9.17, 15) is 18.0 Å². The van der Waals surface area contributed by atoms with E-state index in [0.717, 1.165) is 34.9 Å². The number of hydrogen-bond acceptors (Lipinski definition) is 4. The smallest absolute Gasteiger partial charge is 0.258 e. The molecule has 0 radical (unpaired) electrons. The van der Waals surface area contributed by atoms with Gasteiger partial charge in [-0.1, -0.05) is 43.2 Å². The van der Waals surface area contributed by atoms with Gasteiger partial charge in [-0.2, -0.15) is 0 Å². The Morgan fingerprint density at radius 1 is 1.03 bits per heavy atom. The van der Waals surface area contributed by atoms with Crippen LogP contribution in [0.4, 0.5) is 11.4 Å². The van der Waals surface area contributed by atoms with Crippen LogP contribution in [0.2, 0.25) is 0 Å². The van der Waals surface area contributed by atoms with Gasteiger partial charge in [0.25, 0.3) is 5.91 Å². The maximum absolute atomic E-state index is 12.8. The van der Waals surface area contributed by atoms with Crippen LogP contribution < -0.4 is 10.2 Å². The maximum atomic E-state index is 12.8. The zero-order chi connectivity index (χ0) is 22.2. The Kier molecular flexibility index (Phi) is 5.54. The van der Waals surface area contributed by atoms with Crippen molar-refractivity contribution in [2.24, 2.45) is 0 Å². The zero-order valence-corrected chi connectivity index (χ0v) is 18.3. The topological polar surface area (TPSA) is 83.6 Å². The van der Waals surface area contributed by atoms with E-state index in [2.05, 4.69) is 12.2 Å². The van der Waals surface area contributed by atoms with Crippen LogP contribution in [0.1, 0.15) is 35.7 Å². The molecule has 3 aromatic carbocycles. The van der Waals surface area contributed by atoms with Crippen molar-refractivity contribution in [1.29, 1.82) is 0 Å². The lowest BCUT2D eigenvalue weighted by atomic mass is 10.0. The first kappa shape index (κ1) is 21.1. The molecule has 2 amide bonds. The molecule has 1 aliphatic rings. The summed E-state index contributed by atoms with van der Waals surface area (Å²) in [6, 6.07) is 15.4. The number of anilines is 2. The standard InChI is InChI=1S/C24H24N2O4S/c1-3-4-14-26-21-13-12-20(18-6-5-7-19(23(18)21)24(26)28)25-22(27)15-31(29,30)17-10-8-16(2)9-11-17/h5-13H,3-4,14-15H2,1-2H3,(H,25,27). The number of sulfone groups is 1. The Labute approximate surface area is 181 Å².